The first-order valence-corrected chi connectivity index (χ1v) is 6.65. The number of aromatic hydroxyl groups is 1. The number of hydrogen-bond donors (Lipinski definition) is 2. The molecule has 94 valence electrons. The quantitative estimate of drug-likeness (QED) is 0.837. The average molecular weight is 233 g/mol. The SMILES string of the molecule is CC(C)C1(CCc2ccc(O)cc2)CCCN1. The largest absolute Gasteiger partial charge is 0.508 e. The maximum absolute atomic E-state index is 9.26. The van der Waals surface area contributed by atoms with Gasteiger partial charge in [0, 0.05) is 5.54 Å². The summed E-state index contributed by atoms with van der Waals surface area (Å²) in [5.74, 6) is 1.04. The second-order valence-electron chi connectivity index (χ2n) is 5.51. The summed E-state index contributed by atoms with van der Waals surface area (Å²) in [4.78, 5) is 0. The summed E-state index contributed by atoms with van der Waals surface area (Å²) >= 11 is 0. The molecule has 0 bridgehead atoms. The minimum absolute atomic E-state index is 0.331. The van der Waals surface area contributed by atoms with E-state index in [1.807, 2.05) is 12.1 Å². The normalized spacial score (nSPS) is 24.4. The molecule has 2 heteroatoms. The fraction of sp³-hybridized carbons (Fsp3) is 0.600. The van der Waals surface area contributed by atoms with Crippen molar-refractivity contribution in [2.75, 3.05) is 6.54 Å². The highest BCUT2D eigenvalue weighted by molar-refractivity contribution is 5.26. The zero-order valence-electron chi connectivity index (χ0n) is 10.9. The van der Waals surface area contributed by atoms with Crippen LogP contribution in [0.5, 0.6) is 5.75 Å². The topological polar surface area (TPSA) is 32.3 Å². The lowest BCUT2D eigenvalue weighted by Crippen LogP contribution is -2.45. The Kier molecular flexibility index (Phi) is 3.72. The van der Waals surface area contributed by atoms with Crippen LogP contribution in [0.2, 0.25) is 0 Å². The standard InChI is InChI=1S/C15H23NO/c1-12(2)15(9-3-11-16-15)10-8-13-4-6-14(17)7-5-13/h4-7,12,16-17H,3,8-11H2,1-2H3. The predicted molar refractivity (Wildman–Crippen MR) is 71.2 cm³/mol. The van der Waals surface area contributed by atoms with E-state index in [0.717, 1.165) is 13.0 Å². The molecule has 1 saturated heterocycles. The van der Waals surface area contributed by atoms with Crippen molar-refractivity contribution in [1.82, 2.24) is 5.32 Å². The van der Waals surface area contributed by atoms with Gasteiger partial charge < -0.3 is 10.4 Å². The van der Waals surface area contributed by atoms with Crippen molar-refractivity contribution >= 4 is 0 Å². The lowest BCUT2D eigenvalue weighted by atomic mass is 9.80. The third kappa shape index (κ3) is 2.81. The summed E-state index contributed by atoms with van der Waals surface area (Å²) in [5.41, 5.74) is 1.65. The molecule has 2 rings (SSSR count). The van der Waals surface area contributed by atoms with Crippen molar-refractivity contribution in [2.45, 2.75) is 45.1 Å². The van der Waals surface area contributed by atoms with Crippen LogP contribution in [-0.4, -0.2) is 17.2 Å². The molecule has 2 nitrogen and oxygen atoms in total. The Morgan fingerprint density at radius 1 is 1.29 bits per heavy atom. The van der Waals surface area contributed by atoms with Crippen molar-refractivity contribution in [2.24, 2.45) is 5.92 Å². The third-order valence-electron chi connectivity index (χ3n) is 4.18. The molecular weight excluding hydrogens is 210 g/mol. The molecule has 1 atom stereocenters. The Bertz CT molecular complexity index is 350. The average Bonchev–Trinajstić information content (AvgIpc) is 2.78. The number of aryl methyl sites for hydroxylation is 1. The predicted octanol–water partition coefficient (Wildman–Crippen LogP) is 3.10. The molecule has 1 heterocycles. The zero-order chi connectivity index (χ0) is 12.3. The van der Waals surface area contributed by atoms with Gasteiger partial charge in [0.05, 0.1) is 0 Å². The summed E-state index contributed by atoms with van der Waals surface area (Å²) in [5, 5.41) is 13.0. The zero-order valence-corrected chi connectivity index (χ0v) is 10.9. The molecule has 0 radical (unpaired) electrons. The van der Waals surface area contributed by atoms with Gasteiger partial charge >= 0.3 is 0 Å². The smallest absolute Gasteiger partial charge is 0.115 e. The molecular formula is C15H23NO. The molecule has 1 aliphatic rings. The summed E-state index contributed by atoms with van der Waals surface area (Å²) in [7, 11) is 0. The lowest BCUT2D eigenvalue weighted by Gasteiger charge is -2.34. The van der Waals surface area contributed by atoms with Crippen LogP contribution in [0.3, 0.4) is 0 Å². The molecule has 0 aromatic heterocycles. The van der Waals surface area contributed by atoms with Crippen LogP contribution >= 0.6 is 0 Å². The molecule has 2 N–H and O–H groups in total. The minimum Gasteiger partial charge on any atom is -0.508 e. The molecule has 0 saturated carbocycles. The van der Waals surface area contributed by atoms with Crippen molar-refractivity contribution < 1.29 is 5.11 Å². The van der Waals surface area contributed by atoms with Gasteiger partial charge in [-0.25, -0.2) is 0 Å². The van der Waals surface area contributed by atoms with Gasteiger partial charge in [0.15, 0.2) is 0 Å². The first kappa shape index (κ1) is 12.4. The van der Waals surface area contributed by atoms with E-state index in [1.54, 1.807) is 12.1 Å². The Hall–Kier alpha value is -1.02. The number of phenols is 1. The first-order chi connectivity index (χ1) is 8.12. The van der Waals surface area contributed by atoms with Crippen molar-refractivity contribution in [3.63, 3.8) is 0 Å². The number of nitrogens with one attached hydrogen (secondary N) is 1. The van der Waals surface area contributed by atoms with E-state index in [2.05, 4.69) is 19.2 Å². The van der Waals surface area contributed by atoms with Gasteiger partial charge in [-0.05, 0) is 55.8 Å². The minimum atomic E-state index is 0.331. The van der Waals surface area contributed by atoms with E-state index in [-0.39, 0.29) is 0 Å². The van der Waals surface area contributed by atoms with E-state index in [9.17, 15) is 5.11 Å². The van der Waals surface area contributed by atoms with Crippen molar-refractivity contribution in [3.8, 4) is 5.75 Å². The van der Waals surface area contributed by atoms with Gasteiger partial charge in [0.25, 0.3) is 0 Å². The van der Waals surface area contributed by atoms with E-state index in [0.29, 0.717) is 17.2 Å². The molecule has 0 aliphatic carbocycles. The van der Waals surface area contributed by atoms with Gasteiger partial charge in [-0.15, -0.1) is 0 Å². The highest BCUT2D eigenvalue weighted by Crippen LogP contribution is 2.32. The van der Waals surface area contributed by atoms with Crippen LogP contribution in [-0.2, 0) is 6.42 Å². The van der Waals surface area contributed by atoms with Crippen LogP contribution in [0.15, 0.2) is 24.3 Å². The Balaban J connectivity index is 1.98. The van der Waals surface area contributed by atoms with E-state index in [4.69, 9.17) is 0 Å². The maximum atomic E-state index is 9.26. The van der Waals surface area contributed by atoms with Crippen LogP contribution in [0.4, 0.5) is 0 Å². The van der Waals surface area contributed by atoms with Crippen LogP contribution < -0.4 is 5.32 Å². The second kappa shape index (κ2) is 5.09. The van der Waals surface area contributed by atoms with Gasteiger partial charge in [0.2, 0.25) is 0 Å². The highest BCUT2D eigenvalue weighted by atomic mass is 16.3. The Morgan fingerprint density at radius 3 is 2.53 bits per heavy atom. The molecule has 1 unspecified atom stereocenters. The van der Waals surface area contributed by atoms with Crippen molar-refractivity contribution in [3.05, 3.63) is 29.8 Å². The summed E-state index contributed by atoms with van der Waals surface area (Å²) in [6.45, 7) is 5.79. The second-order valence-corrected chi connectivity index (χ2v) is 5.51. The maximum Gasteiger partial charge on any atom is 0.115 e. The molecule has 17 heavy (non-hydrogen) atoms. The van der Waals surface area contributed by atoms with Crippen LogP contribution in [0, 0.1) is 5.92 Å². The van der Waals surface area contributed by atoms with Crippen LogP contribution in [0.25, 0.3) is 0 Å². The fourth-order valence-electron chi connectivity index (χ4n) is 2.85. The molecule has 0 spiro atoms. The van der Waals surface area contributed by atoms with Crippen molar-refractivity contribution in [1.29, 1.82) is 0 Å². The molecule has 0 amide bonds. The number of rotatable bonds is 4. The van der Waals surface area contributed by atoms with Gasteiger partial charge in [-0.3, -0.25) is 0 Å². The number of hydrogen-bond acceptors (Lipinski definition) is 2. The van der Waals surface area contributed by atoms with Gasteiger partial charge in [-0.1, -0.05) is 26.0 Å². The lowest BCUT2D eigenvalue weighted by molar-refractivity contribution is 0.252. The molecule has 1 aliphatic heterocycles. The third-order valence-corrected chi connectivity index (χ3v) is 4.18. The number of benzene rings is 1. The molecule has 1 aromatic rings. The Morgan fingerprint density at radius 2 is 2.00 bits per heavy atom. The van der Waals surface area contributed by atoms with E-state index in [1.165, 1.54) is 24.8 Å². The Labute approximate surface area is 104 Å². The van der Waals surface area contributed by atoms with Gasteiger partial charge in [0.1, 0.15) is 5.75 Å². The van der Waals surface area contributed by atoms with Gasteiger partial charge in [-0.2, -0.15) is 0 Å². The summed E-state index contributed by atoms with van der Waals surface area (Å²) in [6, 6.07) is 7.61. The molecule has 1 aromatic carbocycles. The number of phenolic OH excluding ortho intramolecular Hbond substituents is 1. The fourth-order valence-corrected chi connectivity index (χ4v) is 2.85. The highest BCUT2D eigenvalue weighted by Gasteiger charge is 2.35. The first-order valence-electron chi connectivity index (χ1n) is 6.65. The van der Waals surface area contributed by atoms with Crippen LogP contribution in [0.1, 0.15) is 38.7 Å². The summed E-state index contributed by atoms with van der Waals surface area (Å²) in [6.07, 6.45) is 4.87. The molecule has 1 fully saturated rings. The summed E-state index contributed by atoms with van der Waals surface area (Å²) < 4.78 is 0. The monoisotopic (exact) mass is 233 g/mol. The van der Waals surface area contributed by atoms with E-state index < -0.39 is 0 Å². The van der Waals surface area contributed by atoms with E-state index >= 15 is 0 Å².